The maximum Gasteiger partial charge on any atom is 0.131 e. The van der Waals surface area contributed by atoms with Crippen molar-refractivity contribution >= 4 is 5.71 Å². The lowest BCUT2D eigenvalue weighted by molar-refractivity contribution is 0.133. The molecular weight excluding hydrogens is 116 g/mol. The van der Waals surface area contributed by atoms with Crippen LogP contribution in [0, 0.1) is 0 Å². The van der Waals surface area contributed by atoms with Crippen LogP contribution >= 0.6 is 0 Å². The molecule has 0 spiro atoms. The second-order valence-corrected chi connectivity index (χ2v) is 2.31. The van der Waals surface area contributed by atoms with E-state index in [2.05, 4.69) is 5.16 Å². The fraction of sp³-hybridized carbons (Fsp3) is 0.833. The summed E-state index contributed by atoms with van der Waals surface area (Å²) in [6.07, 6.45) is 0. The summed E-state index contributed by atoms with van der Waals surface area (Å²) in [6, 6.07) is 0.0631. The van der Waals surface area contributed by atoms with Crippen LogP contribution in [0.4, 0.5) is 0 Å². The van der Waals surface area contributed by atoms with Gasteiger partial charge in [-0.1, -0.05) is 5.16 Å². The Morgan fingerprint density at radius 3 is 2.56 bits per heavy atom. The van der Waals surface area contributed by atoms with Crippen LogP contribution < -0.4 is 5.73 Å². The molecule has 0 rings (SSSR count). The van der Waals surface area contributed by atoms with Crippen LogP contribution in [0.5, 0.6) is 0 Å². The largest absolute Gasteiger partial charge is 0.394 e. The van der Waals surface area contributed by atoms with E-state index in [9.17, 15) is 0 Å². The molecule has 9 heavy (non-hydrogen) atoms. The van der Waals surface area contributed by atoms with E-state index < -0.39 is 0 Å². The van der Waals surface area contributed by atoms with Gasteiger partial charge in [-0.2, -0.15) is 0 Å². The molecule has 1 atom stereocenters. The Morgan fingerprint density at radius 2 is 2.22 bits per heavy atom. The average Bonchev–Trinajstić information content (AvgIpc) is 1.63. The van der Waals surface area contributed by atoms with Crippen LogP contribution in [-0.2, 0) is 4.84 Å². The van der Waals surface area contributed by atoms with Crippen molar-refractivity contribution in [1.82, 2.24) is 0 Å². The smallest absolute Gasteiger partial charge is 0.131 e. The number of nitrogens with zero attached hydrogens (tertiary/aromatic N) is 1. The summed E-state index contributed by atoms with van der Waals surface area (Å²) in [5.41, 5.74) is 6.30. The molecule has 3 heteroatoms. The maximum absolute atomic E-state index is 5.38. The van der Waals surface area contributed by atoms with Crippen LogP contribution in [0.25, 0.3) is 0 Å². The molecule has 0 bridgehead atoms. The third kappa shape index (κ3) is 7.43. The van der Waals surface area contributed by atoms with Crippen LogP contribution in [0.15, 0.2) is 5.16 Å². The summed E-state index contributed by atoms with van der Waals surface area (Å²) in [5, 5.41) is 3.70. The van der Waals surface area contributed by atoms with Crippen molar-refractivity contribution in [1.29, 1.82) is 0 Å². The minimum atomic E-state index is 0.0631. The molecule has 0 saturated carbocycles. The van der Waals surface area contributed by atoms with E-state index in [4.69, 9.17) is 10.6 Å². The van der Waals surface area contributed by atoms with Crippen molar-refractivity contribution in [2.45, 2.75) is 26.8 Å². The van der Waals surface area contributed by atoms with Crippen molar-refractivity contribution in [3.05, 3.63) is 0 Å². The molecule has 0 aliphatic heterocycles. The molecule has 54 valence electrons. The summed E-state index contributed by atoms with van der Waals surface area (Å²) >= 11 is 0. The molecule has 0 aromatic heterocycles. The predicted octanol–water partition coefficient (Wildman–Crippen LogP) is 0.746. The molecule has 0 aromatic rings. The normalized spacial score (nSPS) is 12.4. The highest BCUT2D eigenvalue weighted by molar-refractivity contribution is 5.78. The van der Waals surface area contributed by atoms with Crippen molar-refractivity contribution in [3.63, 3.8) is 0 Å². The number of nitrogens with two attached hydrogens (primary N) is 1. The van der Waals surface area contributed by atoms with E-state index >= 15 is 0 Å². The van der Waals surface area contributed by atoms with Crippen LogP contribution in [0.1, 0.15) is 20.8 Å². The van der Waals surface area contributed by atoms with E-state index in [0.29, 0.717) is 6.61 Å². The monoisotopic (exact) mass is 130 g/mol. The first-order valence-electron chi connectivity index (χ1n) is 3.01. The number of oxime groups is 1. The second-order valence-electron chi connectivity index (χ2n) is 2.31. The standard InChI is InChI=1S/C6H14N2O/c1-5(2)8-9-4-6(3)7/h6H,4,7H2,1-3H3/t6-/m1/s1. The summed E-state index contributed by atoms with van der Waals surface area (Å²) in [7, 11) is 0. The van der Waals surface area contributed by atoms with E-state index in [-0.39, 0.29) is 6.04 Å². The van der Waals surface area contributed by atoms with Gasteiger partial charge in [0.1, 0.15) is 6.61 Å². The third-order valence-electron chi connectivity index (χ3n) is 0.585. The molecule has 0 aliphatic carbocycles. The second kappa shape index (κ2) is 4.32. The highest BCUT2D eigenvalue weighted by Gasteiger charge is 1.90. The molecule has 0 aliphatic rings. The fourth-order valence-corrected chi connectivity index (χ4v) is 0.284. The predicted molar refractivity (Wildman–Crippen MR) is 38.4 cm³/mol. The van der Waals surface area contributed by atoms with E-state index in [1.165, 1.54) is 0 Å². The summed E-state index contributed by atoms with van der Waals surface area (Å²) in [4.78, 5) is 4.82. The van der Waals surface area contributed by atoms with Gasteiger partial charge >= 0.3 is 0 Å². The Balaban J connectivity index is 3.20. The molecular formula is C6H14N2O. The lowest BCUT2D eigenvalue weighted by Crippen LogP contribution is -2.20. The molecule has 0 amide bonds. The molecule has 0 aromatic carbocycles. The van der Waals surface area contributed by atoms with Crippen molar-refractivity contribution < 1.29 is 4.84 Å². The van der Waals surface area contributed by atoms with Gasteiger partial charge in [-0.15, -0.1) is 0 Å². The van der Waals surface area contributed by atoms with Gasteiger partial charge in [0, 0.05) is 6.04 Å². The van der Waals surface area contributed by atoms with E-state index in [0.717, 1.165) is 5.71 Å². The van der Waals surface area contributed by atoms with E-state index in [1.54, 1.807) is 0 Å². The van der Waals surface area contributed by atoms with Gasteiger partial charge in [-0.3, -0.25) is 0 Å². The minimum Gasteiger partial charge on any atom is -0.394 e. The fourth-order valence-electron chi connectivity index (χ4n) is 0.284. The Morgan fingerprint density at radius 1 is 1.67 bits per heavy atom. The lowest BCUT2D eigenvalue weighted by atomic mass is 10.4. The van der Waals surface area contributed by atoms with Crippen LogP contribution in [-0.4, -0.2) is 18.4 Å². The quantitative estimate of drug-likeness (QED) is 0.452. The Kier molecular flexibility index (Phi) is 4.05. The Bertz CT molecular complexity index is 95.2. The van der Waals surface area contributed by atoms with Gasteiger partial charge in [0.15, 0.2) is 0 Å². The van der Waals surface area contributed by atoms with Gasteiger partial charge in [-0.25, -0.2) is 0 Å². The first kappa shape index (κ1) is 8.43. The average molecular weight is 130 g/mol. The van der Waals surface area contributed by atoms with Crippen molar-refractivity contribution in [2.24, 2.45) is 10.9 Å². The zero-order valence-electron chi connectivity index (χ0n) is 6.22. The zero-order chi connectivity index (χ0) is 7.28. The number of hydrogen-bond donors (Lipinski definition) is 1. The highest BCUT2D eigenvalue weighted by Crippen LogP contribution is 1.81. The molecule has 0 heterocycles. The topological polar surface area (TPSA) is 47.6 Å². The molecule has 0 fully saturated rings. The zero-order valence-corrected chi connectivity index (χ0v) is 6.22. The number of hydrogen-bond acceptors (Lipinski definition) is 3. The minimum absolute atomic E-state index is 0.0631. The molecule has 2 N–H and O–H groups in total. The Labute approximate surface area is 55.9 Å². The van der Waals surface area contributed by atoms with Gasteiger partial charge in [0.2, 0.25) is 0 Å². The summed E-state index contributed by atoms with van der Waals surface area (Å²) in [5.74, 6) is 0. The first-order valence-corrected chi connectivity index (χ1v) is 3.01. The van der Waals surface area contributed by atoms with Crippen molar-refractivity contribution in [2.75, 3.05) is 6.61 Å². The highest BCUT2D eigenvalue weighted by atomic mass is 16.6. The van der Waals surface area contributed by atoms with Crippen LogP contribution in [0.2, 0.25) is 0 Å². The van der Waals surface area contributed by atoms with Gasteiger partial charge in [0.05, 0.1) is 5.71 Å². The maximum atomic E-state index is 5.38. The van der Waals surface area contributed by atoms with Gasteiger partial charge in [-0.05, 0) is 20.8 Å². The third-order valence-corrected chi connectivity index (χ3v) is 0.585. The Hall–Kier alpha value is -0.570. The molecule has 0 unspecified atom stereocenters. The SMILES string of the molecule is CC(C)=NOC[C@@H](C)N. The number of rotatable bonds is 3. The van der Waals surface area contributed by atoms with Gasteiger partial charge < -0.3 is 10.6 Å². The molecule has 0 radical (unpaired) electrons. The van der Waals surface area contributed by atoms with Crippen LogP contribution in [0.3, 0.4) is 0 Å². The lowest BCUT2D eigenvalue weighted by Gasteiger charge is -2.01. The first-order chi connectivity index (χ1) is 4.13. The summed E-state index contributed by atoms with van der Waals surface area (Å²) < 4.78 is 0. The van der Waals surface area contributed by atoms with E-state index in [1.807, 2.05) is 20.8 Å². The molecule has 0 saturated heterocycles. The summed E-state index contributed by atoms with van der Waals surface area (Å²) in [6.45, 7) is 6.12. The molecule has 3 nitrogen and oxygen atoms in total. The van der Waals surface area contributed by atoms with Gasteiger partial charge in [0.25, 0.3) is 0 Å². The van der Waals surface area contributed by atoms with Crippen molar-refractivity contribution in [3.8, 4) is 0 Å².